The lowest BCUT2D eigenvalue weighted by Gasteiger charge is -2.36. The molecular formula is C18H29ClN2O2. The summed E-state index contributed by atoms with van der Waals surface area (Å²) in [7, 11) is 0. The van der Waals surface area contributed by atoms with E-state index in [1.807, 2.05) is 53.7 Å². The zero-order valence-corrected chi connectivity index (χ0v) is 15.9. The molecule has 1 aliphatic rings. The summed E-state index contributed by atoms with van der Waals surface area (Å²) in [6, 6.07) is 6.04. The summed E-state index contributed by atoms with van der Waals surface area (Å²) in [4.78, 5) is 16.1. The van der Waals surface area contributed by atoms with Crippen LogP contribution in [0.3, 0.4) is 0 Å². The summed E-state index contributed by atoms with van der Waals surface area (Å²) < 4.78 is 5.40. The van der Waals surface area contributed by atoms with Crippen molar-refractivity contribution in [1.29, 1.82) is 0 Å². The van der Waals surface area contributed by atoms with Crippen molar-refractivity contribution in [2.45, 2.75) is 47.1 Å². The van der Waals surface area contributed by atoms with Gasteiger partial charge in [0.2, 0.25) is 0 Å². The van der Waals surface area contributed by atoms with E-state index in [1.165, 1.54) is 0 Å². The third-order valence-electron chi connectivity index (χ3n) is 3.44. The second-order valence-corrected chi connectivity index (χ2v) is 6.80. The van der Waals surface area contributed by atoms with Crippen LogP contribution in [0.1, 0.15) is 40.2 Å². The Morgan fingerprint density at radius 3 is 2.17 bits per heavy atom. The van der Waals surface area contributed by atoms with Crippen molar-refractivity contribution in [1.82, 2.24) is 4.90 Å². The van der Waals surface area contributed by atoms with Crippen LogP contribution in [0.5, 0.6) is 0 Å². The third-order valence-corrected chi connectivity index (χ3v) is 3.86. The van der Waals surface area contributed by atoms with Gasteiger partial charge in [-0.15, -0.1) is 0 Å². The first-order chi connectivity index (χ1) is 10.8. The lowest BCUT2D eigenvalue weighted by molar-refractivity contribution is 0.0240. The van der Waals surface area contributed by atoms with Crippen LogP contribution in [0.15, 0.2) is 18.2 Å². The average Bonchev–Trinajstić information content (AvgIpc) is 2.50. The molecule has 2 rings (SSSR count). The minimum absolute atomic E-state index is 0.227. The summed E-state index contributed by atoms with van der Waals surface area (Å²) in [5.41, 5.74) is 1.78. The molecule has 1 saturated heterocycles. The fourth-order valence-electron chi connectivity index (χ4n) is 2.30. The predicted octanol–water partition coefficient (Wildman–Crippen LogP) is 4.73. The van der Waals surface area contributed by atoms with Crippen LogP contribution in [-0.2, 0) is 4.74 Å². The number of carbonyl (C=O) groups excluding carboxylic acids is 1. The zero-order chi connectivity index (χ0) is 17.6. The van der Waals surface area contributed by atoms with Gasteiger partial charge in [0, 0.05) is 36.9 Å². The number of hydrogen-bond acceptors (Lipinski definition) is 3. The molecule has 1 heterocycles. The molecule has 23 heavy (non-hydrogen) atoms. The third kappa shape index (κ3) is 5.94. The number of amides is 1. The maximum absolute atomic E-state index is 12.0. The van der Waals surface area contributed by atoms with E-state index in [-0.39, 0.29) is 6.09 Å². The highest BCUT2D eigenvalue weighted by Crippen LogP contribution is 2.23. The summed E-state index contributed by atoms with van der Waals surface area (Å²) in [6.45, 7) is 14.6. The van der Waals surface area contributed by atoms with E-state index < -0.39 is 5.60 Å². The Balaban J connectivity index is 0.00000127. The lowest BCUT2D eigenvalue weighted by atomic mass is 10.2. The standard InChI is InChI=1S/C16H23ClN2O2.C2H6/c1-12-11-13(5-6-14(12)17)18-7-9-19(10-8-18)15(20)21-16(2,3)4;1-2/h5-6,11H,7-10H2,1-4H3;1-2H3. The number of benzene rings is 1. The van der Waals surface area contributed by atoms with Crippen LogP contribution in [0.25, 0.3) is 0 Å². The van der Waals surface area contributed by atoms with Gasteiger partial charge in [-0.2, -0.15) is 0 Å². The molecule has 0 bridgehead atoms. The van der Waals surface area contributed by atoms with Gasteiger partial charge in [-0.1, -0.05) is 25.4 Å². The molecule has 0 unspecified atom stereocenters. The molecule has 1 aromatic rings. The van der Waals surface area contributed by atoms with Crippen LogP contribution < -0.4 is 4.90 Å². The first-order valence-electron chi connectivity index (χ1n) is 8.25. The molecule has 130 valence electrons. The lowest BCUT2D eigenvalue weighted by Crippen LogP contribution is -2.50. The van der Waals surface area contributed by atoms with Gasteiger partial charge in [0.25, 0.3) is 0 Å². The maximum Gasteiger partial charge on any atom is 0.410 e. The highest BCUT2D eigenvalue weighted by Gasteiger charge is 2.25. The summed E-state index contributed by atoms with van der Waals surface area (Å²) in [6.07, 6.45) is -0.227. The van der Waals surface area contributed by atoms with E-state index >= 15 is 0 Å². The molecule has 1 aliphatic heterocycles. The second kappa shape index (κ2) is 8.44. The van der Waals surface area contributed by atoms with Gasteiger partial charge in [0.15, 0.2) is 0 Å². The number of anilines is 1. The van der Waals surface area contributed by atoms with Gasteiger partial charge < -0.3 is 14.5 Å². The molecule has 0 aromatic heterocycles. The van der Waals surface area contributed by atoms with E-state index in [9.17, 15) is 4.79 Å². The van der Waals surface area contributed by atoms with Crippen LogP contribution in [0.4, 0.5) is 10.5 Å². The molecule has 0 radical (unpaired) electrons. The number of rotatable bonds is 1. The molecule has 1 aromatic carbocycles. The van der Waals surface area contributed by atoms with Crippen molar-refractivity contribution in [2.75, 3.05) is 31.1 Å². The number of aryl methyl sites for hydroxylation is 1. The topological polar surface area (TPSA) is 32.8 Å². The van der Waals surface area contributed by atoms with Crippen LogP contribution in [0, 0.1) is 6.92 Å². The number of hydrogen-bond donors (Lipinski definition) is 0. The van der Waals surface area contributed by atoms with E-state index in [2.05, 4.69) is 11.0 Å². The van der Waals surface area contributed by atoms with Gasteiger partial charge in [0.05, 0.1) is 0 Å². The molecule has 4 nitrogen and oxygen atoms in total. The van der Waals surface area contributed by atoms with E-state index in [0.717, 1.165) is 29.4 Å². The second-order valence-electron chi connectivity index (χ2n) is 6.39. The first kappa shape index (κ1) is 19.6. The number of piperazine rings is 1. The monoisotopic (exact) mass is 340 g/mol. The van der Waals surface area contributed by atoms with E-state index in [0.29, 0.717) is 13.1 Å². The number of carbonyl (C=O) groups is 1. The molecule has 0 saturated carbocycles. The Hall–Kier alpha value is -1.42. The fourth-order valence-corrected chi connectivity index (χ4v) is 2.42. The number of ether oxygens (including phenoxy) is 1. The van der Waals surface area contributed by atoms with Crippen molar-refractivity contribution in [2.24, 2.45) is 0 Å². The summed E-state index contributed by atoms with van der Waals surface area (Å²) in [5.74, 6) is 0. The summed E-state index contributed by atoms with van der Waals surface area (Å²) >= 11 is 6.06. The van der Waals surface area contributed by atoms with Gasteiger partial charge in [-0.25, -0.2) is 4.79 Å². The SMILES string of the molecule is CC.Cc1cc(N2CCN(C(=O)OC(C)(C)C)CC2)ccc1Cl. The molecule has 1 amide bonds. The van der Waals surface area contributed by atoms with Crippen LogP contribution in [0.2, 0.25) is 5.02 Å². The quantitative estimate of drug-likeness (QED) is 0.740. The highest BCUT2D eigenvalue weighted by atomic mass is 35.5. The first-order valence-corrected chi connectivity index (χ1v) is 8.63. The van der Waals surface area contributed by atoms with E-state index in [4.69, 9.17) is 16.3 Å². The van der Waals surface area contributed by atoms with Gasteiger partial charge in [-0.05, 0) is 51.5 Å². The fraction of sp³-hybridized carbons (Fsp3) is 0.611. The molecule has 0 N–H and O–H groups in total. The molecule has 1 fully saturated rings. The molecular weight excluding hydrogens is 312 g/mol. The summed E-state index contributed by atoms with van der Waals surface area (Å²) in [5, 5.41) is 0.783. The zero-order valence-electron chi connectivity index (χ0n) is 15.1. The molecule has 0 spiro atoms. The van der Waals surface area contributed by atoms with Crippen molar-refractivity contribution in [3.05, 3.63) is 28.8 Å². The van der Waals surface area contributed by atoms with Gasteiger partial charge >= 0.3 is 6.09 Å². The van der Waals surface area contributed by atoms with Crippen LogP contribution >= 0.6 is 11.6 Å². The Morgan fingerprint density at radius 1 is 1.13 bits per heavy atom. The Kier molecular flexibility index (Phi) is 7.20. The number of nitrogens with zero attached hydrogens (tertiary/aromatic N) is 2. The van der Waals surface area contributed by atoms with Crippen molar-refractivity contribution < 1.29 is 9.53 Å². The minimum atomic E-state index is -0.443. The van der Waals surface area contributed by atoms with Gasteiger partial charge in [0.1, 0.15) is 5.60 Å². The minimum Gasteiger partial charge on any atom is -0.444 e. The molecule has 5 heteroatoms. The smallest absolute Gasteiger partial charge is 0.410 e. The van der Waals surface area contributed by atoms with Crippen molar-refractivity contribution in [3.63, 3.8) is 0 Å². The van der Waals surface area contributed by atoms with Crippen LogP contribution in [-0.4, -0.2) is 42.8 Å². The van der Waals surface area contributed by atoms with Gasteiger partial charge in [-0.3, -0.25) is 0 Å². The number of halogens is 1. The predicted molar refractivity (Wildman–Crippen MR) is 97.6 cm³/mol. The normalized spacial score (nSPS) is 14.9. The molecule has 0 aliphatic carbocycles. The largest absolute Gasteiger partial charge is 0.444 e. The molecule has 0 atom stereocenters. The Labute approximate surface area is 145 Å². The Bertz CT molecular complexity index is 518. The average molecular weight is 341 g/mol. The van der Waals surface area contributed by atoms with Crippen molar-refractivity contribution >= 4 is 23.4 Å². The maximum atomic E-state index is 12.0. The highest BCUT2D eigenvalue weighted by molar-refractivity contribution is 6.31. The Morgan fingerprint density at radius 2 is 1.70 bits per heavy atom. The van der Waals surface area contributed by atoms with Crippen molar-refractivity contribution in [3.8, 4) is 0 Å². The van der Waals surface area contributed by atoms with E-state index in [1.54, 1.807) is 4.90 Å².